The Hall–Kier alpha value is -6.72. The van der Waals surface area contributed by atoms with E-state index in [4.69, 9.17) is 5.21 Å². The van der Waals surface area contributed by atoms with Gasteiger partial charge in [0.15, 0.2) is 11.6 Å². The van der Waals surface area contributed by atoms with E-state index in [1.807, 2.05) is 84.9 Å². The number of phenols is 2. The van der Waals surface area contributed by atoms with Gasteiger partial charge in [0.2, 0.25) is 5.91 Å². The zero-order chi connectivity index (χ0) is 42.7. The van der Waals surface area contributed by atoms with Gasteiger partial charge in [-0.1, -0.05) is 111 Å². The Morgan fingerprint density at radius 3 is 1.27 bits per heavy atom. The molecule has 0 spiro atoms. The molecular formula is C49H53N3O8. The van der Waals surface area contributed by atoms with E-state index in [0.29, 0.717) is 37.1 Å². The molecule has 1 amide bonds. The summed E-state index contributed by atoms with van der Waals surface area (Å²) in [6.07, 6.45) is 7.97. The van der Waals surface area contributed by atoms with Gasteiger partial charge in [-0.3, -0.25) is 24.4 Å². The molecular weight excluding hydrogens is 759 g/mol. The number of aromatic hydroxyl groups is 2. The number of Topliss-reactive ketones (excluding diaryl/α,β-unsaturated/α-hetero) is 2. The van der Waals surface area contributed by atoms with E-state index in [-0.39, 0.29) is 41.4 Å². The molecule has 0 unspecified atom stereocenters. The Morgan fingerprint density at radius 1 is 0.500 bits per heavy atom. The largest absolute Gasteiger partial charge is 0.508 e. The number of benzene rings is 4. The minimum absolute atomic E-state index is 0.0355. The van der Waals surface area contributed by atoms with Gasteiger partial charge in [-0.25, -0.2) is 5.48 Å². The van der Waals surface area contributed by atoms with E-state index in [0.717, 1.165) is 89.7 Å². The van der Waals surface area contributed by atoms with Crippen molar-refractivity contribution in [2.75, 3.05) is 7.11 Å². The topological polar surface area (TPSA) is 182 Å². The summed E-state index contributed by atoms with van der Waals surface area (Å²) >= 11 is 0. The highest BCUT2D eigenvalue weighted by Gasteiger charge is 2.19. The first kappa shape index (κ1) is 44.4. The van der Waals surface area contributed by atoms with Gasteiger partial charge in [-0.05, 0) is 84.3 Å². The van der Waals surface area contributed by atoms with Crippen LogP contribution in [0.5, 0.6) is 11.5 Å². The molecule has 0 fully saturated rings. The Labute approximate surface area is 350 Å². The summed E-state index contributed by atoms with van der Waals surface area (Å²) in [6.45, 7) is 0. The van der Waals surface area contributed by atoms with E-state index < -0.39 is 0 Å². The van der Waals surface area contributed by atoms with E-state index in [1.54, 1.807) is 41.9 Å². The van der Waals surface area contributed by atoms with Crippen LogP contribution < -0.4 is 5.48 Å². The zero-order valence-corrected chi connectivity index (χ0v) is 33.9. The normalized spacial score (nSPS) is 10.7. The fourth-order valence-electron chi connectivity index (χ4n) is 6.87. The van der Waals surface area contributed by atoms with Gasteiger partial charge in [-0.15, -0.1) is 0 Å². The molecule has 60 heavy (non-hydrogen) atoms. The van der Waals surface area contributed by atoms with Crippen molar-refractivity contribution >= 4 is 23.4 Å². The molecule has 11 heteroatoms. The minimum atomic E-state index is -0.385. The van der Waals surface area contributed by atoms with Crippen molar-refractivity contribution in [3.05, 3.63) is 133 Å². The van der Waals surface area contributed by atoms with Crippen LogP contribution in [-0.4, -0.2) is 55.9 Å². The third-order valence-electron chi connectivity index (χ3n) is 10.2. The van der Waals surface area contributed by atoms with Crippen molar-refractivity contribution in [2.45, 2.75) is 77.0 Å². The van der Waals surface area contributed by atoms with Crippen molar-refractivity contribution < 1.29 is 39.3 Å². The second kappa shape index (κ2) is 23.0. The minimum Gasteiger partial charge on any atom is -0.508 e. The Bertz CT molecular complexity index is 2120. The number of aromatic amines is 2. The number of aromatic nitrogens is 2. The van der Waals surface area contributed by atoms with Gasteiger partial charge in [0.25, 0.3) is 0 Å². The third-order valence-corrected chi connectivity index (χ3v) is 10.2. The lowest BCUT2D eigenvalue weighted by Gasteiger charge is -2.05. The standard InChI is InChI=1S/C25H27NO4.C24H26N2O4/c1-30-24(29)12-8-3-2-7-11-23(28)25-21(18-13-15-20(27)16-14-18)17-22(26-25)19-9-5-4-6-10-19;27-19-14-12-17(13-15-19)20-16-21(18-8-4-3-5-9-18)25-24(20)22(28)10-6-1-2-7-11-23(29)26-30/h4-6,9-10,13-17,26-27H,2-3,7-8,11-12H2,1H3;3-5,8-9,12-16,25,27,30H,1-2,6-7,10-11H2,(H,26,29). The quantitative estimate of drug-likeness (QED) is 0.0145. The summed E-state index contributed by atoms with van der Waals surface area (Å²) in [6, 6.07) is 37.4. The van der Waals surface area contributed by atoms with Crippen molar-refractivity contribution in [3.8, 4) is 56.3 Å². The molecule has 2 aromatic heterocycles. The molecule has 6 rings (SSSR count). The molecule has 0 aliphatic carbocycles. The number of hydrogen-bond donors (Lipinski definition) is 6. The highest BCUT2D eigenvalue weighted by Crippen LogP contribution is 2.33. The van der Waals surface area contributed by atoms with Gasteiger partial charge in [-0.2, -0.15) is 0 Å². The molecule has 0 saturated heterocycles. The lowest BCUT2D eigenvalue weighted by molar-refractivity contribution is -0.140. The highest BCUT2D eigenvalue weighted by molar-refractivity contribution is 6.03. The number of unbranched alkanes of at least 4 members (excludes halogenated alkanes) is 6. The van der Waals surface area contributed by atoms with Gasteiger partial charge < -0.3 is 24.9 Å². The number of amides is 1. The molecule has 312 valence electrons. The van der Waals surface area contributed by atoms with Crippen molar-refractivity contribution in [2.24, 2.45) is 0 Å². The second-order valence-electron chi connectivity index (χ2n) is 14.6. The van der Waals surface area contributed by atoms with Gasteiger partial charge >= 0.3 is 5.97 Å². The first-order chi connectivity index (χ1) is 29.2. The molecule has 4 aromatic carbocycles. The third kappa shape index (κ3) is 13.2. The van der Waals surface area contributed by atoms with Crippen LogP contribution in [0.15, 0.2) is 121 Å². The summed E-state index contributed by atoms with van der Waals surface area (Å²) in [7, 11) is 1.40. The fraction of sp³-hybridized carbons (Fsp3) is 0.265. The number of carbonyl (C=O) groups excluding carboxylic acids is 4. The SMILES string of the molecule is COC(=O)CCCCCCC(=O)c1[nH]c(-c2ccccc2)cc1-c1ccc(O)cc1.O=C(CCCCCCC(=O)c1[nH]c(-c2ccccc2)cc1-c1ccc(O)cc1)NO. The summed E-state index contributed by atoms with van der Waals surface area (Å²) in [5.41, 5.74) is 9.96. The molecule has 0 aliphatic heterocycles. The average Bonchev–Trinajstić information content (AvgIpc) is 3.94. The maximum absolute atomic E-state index is 13.0. The number of hydroxylamine groups is 1. The predicted octanol–water partition coefficient (Wildman–Crippen LogP) is 10.8. The van der Waals surface area contributed by atoms with Crippen molar-refractivity contribution in [1.29, 1.82) is 0 Å². The Balaban J connectivity index is 0.000000228. The number of hydrogen-bond acceptors (Lipinski definition) is 8. The first-order valence-corrected chi connectivity index (χ1v) is 20.4. The van der Waals surface area contributed by atoms with Crippen LogP contribution in [0.1, 0.15) is 98.0 Å². The molecule has 0 atom stereocenters. The Kier molecular flexibility index (Phi) is 17.0. The predicted molar refractivity (Wildman–Crippen MR) is 233 cm³/mol. The summed E-state index contributed by atoms with van der Waals surface area (Å²) in [5, 5.41) is 27.7. The highest BCUT2D eigenvalue weighted by atomic mass is 16.5. The maximum atomic E-state index is 13.0. The molecule has 11 nitrogen and oxygen atoms in total. The van der Waals surface area contributed by atoms with Gasteiger partial charge in [0, 0.05) is 48.2 Å². The molecule has 0 saturated carbocycles. The van der Waals surface area contributed by atoms with Crippen LogP contribution in [0.25, 0.3) is 44.8 Å². The van der Waals surface area contributed by atoms with E-state index in [2.05, 4.69) is 14.7 Å². The number of H-pyrrole nitrogens is 2. The van der Waals surface area contributed by atoms with Crippen molar-refractivity contribution in [1.82, 2.24) is 15.4 Å². The maximum Gasteiger partial charge on any atom is 0.305 e. The smallest absolute Gasteiger partial charge is 0.305 e. The molecule has 0 aliphatic rings. The van der Waals surface area contributed by atoms with Crippen LogP contribution in [0.4, 0.5) is 0 Å². The van der Waals surface area contributed by atoms with Crippen LogP contribution in [0, 0.1) is 0 Å². The summed E-state index contributed by atoms with van der Waals surface area (Å²) in [5.74, 6) is -0.104. The zero-order valence-electron chi connectivity index (χ0n) is 33.9. The first-order valence-electron chi connectivity index (χ1n) is 20.4. The Morgan fingerprint density at radius 2 is 0.883 bits per heavy atom. The number of ketones is 2. The monoisotopic (exact) mass is 811 g/mol. The number of ether oxygens (including phenoxy) is 1. The average molecular weight is 812 g/mol. The molecule has 6 N–H and O–H groups in total. The molecule has 0 bridgehead atoms. The molecule has 2 heterocycles. The second-order valence-corrected chi connectivity index (χ2v) is 14.6. The number of esters is 1. The van der Waals surface area contributed by atoms with Crippen LogP contribution in [0.3, 0.4) is 0 Å². The van der Waals surface area contributed by atoms with Crippen LogP contribution in [0.2, 0.25) is 0 Å². The van der Waals surface area contributed by atoms with E-state index >= 15 is 0 Å². The number of phenolic OH excluding ortho intramolecular Hbond substituents is 2. The fourth-order valence-corrected chi connectivity index (χ4v) is 6.87. The van der Waals surface area contributed by atoms with E-state index in [1.165, 1.54) is 7.11 Å². The van der Waals surface area contributed by atoms with E-state index in [9.17, 15) is 29.4 Å². The number of rotatable bonds is 20. The molecule has 0 radical (unpaired) electrons. The van der Waals surface area contributed by atoms with Crippen LogP contribution in [-0.2, 0) is 14.3 Å². The van der Waals surface area contributed by atoms with Crippen LogP contribution >= 0.6 is 0 Å². The van der Waals surface area contributed by atoms with Gasteiger partial charge in [0.1, 0.15) is 11.5 Å². The van der Waals surface area contributed by atoms with Gasteiger partial charge in [0.05, 0.1) is 18.5 Å². The number of methoxy groups -OCH3 is 1. The number of nitrogens with one attached hydrogen (secondary N) is 3. The lowest BCUT2D eigenvalue weighted by atomic mass is 10.0. The number of carbonyl (C=O) groups is 4. The molecule has 6 aromatic rings. The van der Waals surface area contributed by atoms with Crippen molar-refractivity contribution in [3.63, 3.8) is 0 Å². The summed E-state index contributed by atoms with van der Waals surface area (Å²) < 4.78 is 4.64. The lowest BCUT2D eigenvalue weighted by Crippen LogP contribution is -2.17. The summed E-state index contributed by atoms with van der Waals surface area (Å²) in [4.78, 5) is 54.7.